The molecule has 3 rings (SSSR count). The summed E-state index contributed by atoms with van der Waals surface area (Å²) in [5, 5.41) is 11.7. The number of ether oxygens (including phenoxy) is 1. The molecule has 8 heteroatoms. The van der Waals surface area contributed by atoms with Crippen LogP contribution in [0.15, 0.2) is 48.5 Å². The van der Waals surface area contributed by atoms with Crippen LogP contribution < -0.4 is 5.32 Å². The molecule has 0 bridgehead atoms. The molecule has 7 nitrogen and oxygen atoms in total. The van der Waals surface area contributed by atoms with Gasteiger partial charge in [0.15, 0.2) is 0 Å². The van der Waals surface area contributed by atoms with E-state index in [1.54, 1.807) is 6.92 Å². The molecule has 2 N–H and O–H groups in total. The molecular formula is C22H25NO6S. The molecule has 0 saturated heterocycles. The van der Waals surface area contributed by atoms with Gasteiger partial charge < -0.3 is 15.2 Å². The number of sulfone groups is 1. The Hall–Kier alpha value is -2.87. The molecule has 1 aliphatic rings. The molecule has 1 unspecified atom stereocenters. The van der Waals surface area contributed by atoms with Crippen LogP contribution in [-0.4, -0.2) is 49.7 Å². The number of carboxylic acid groups (broad SMARTS) is 1. The van der Waals surface area contributed by atoms with Crippen molar-refractivity contribution in [3.05, 3.63) is 59.7 Å². The van der Waals surface area contributed by atoms with Crippen LogP contribution in [0.3, 0.4) is 0 Å². The Kier molecular flexibility index (Phi) is 6.77. The predicted molar refractivity (Wildman–Crippen MR) is 113 cm³/mol. The van der Waals surface area contributed by atoms with Gasteiger partial charge in [-0.3, -0.25) is 0 Å². The average Bonchev–Trinajstić information content (AvgIpc) is 3.05. The lowest BCUT2D eigenvalue weighted by Gasteiger charge is -2.17. The van der Waals surface area contributed by atoms with Crippen LogP contribution in [0.2, 0.25) is 0 Å². The summed E-state index contributed by atoms with van der Waals surface area (Å²) in [6.07, 6.45) is -0.669. The van der Waals surface area contributed by atoms with E-state index in [1.807, 2.05) is 48.5 Å². The third-order valence-corrected chi connectivity index (χ3v) is 7.11. The normalized spacial score (nSPS) is 13.9. The Bertz CT molecular complexity index is 988. The number of hydrogen-bond acceptors (Lipinski definition) is 5. The number of benzene rings is 2. The van der Waals surface area contributed by atoms with E-state index in [2.05, 4.69) is 5.32 Å². The van der Waals surface area contributed by atoms with Gasteiger partial charge in [-0.15, -0.1) is 0 Å². The second-order valence-corrected chi connectivity index (χ2v) is 9.71. The minimum absolute atomic E-state index is 0.00451. The van der Waals surface area contributed by atoms with Gasteiger partial charge in [-0.2, -0.15) is 0 Å². The van der Waals surface area contributed by atoms with Crippen LogP contribution in [-0.2, 0) is 19.4 Å². The number of carboxylic acids is 1. The fraction of sp³-hybridized carbons (Fsp3) is 0.364. The first-order valence-electron chi connectivity index (χ1n) is 9.87. The summed E-state index contributed by atoms with van der Waals surface area (Å²) in [4.78, 5) is 23.7. The van der Waals surface area contributed by atoms with Crippen molar-refractivity contribution in [2.24, 2.45) is 0 Å². The number of nitrogens with one attached hydrogen (secondary N) is 1. The molecule has 2 aromatic rings. The molecule has 0 fully saturated rings. The number of rotatable bonds is 9. The number of amides is 1. The number of fused-ring (bicyclic) bond motifs is 3. The highest BCUT2D eigenvalue weighted by molar-refractivity contribution is 7.91. The largest absolute Gasteiger partial charge is 0.480 e. The zero-order chi connectivity index (χ0) is 21.7. The molecule has 0 radical (unpaired) electrons. The third-order valence-electron chi connectivity index (χ3n) is 5.32. The van der Waals surface area contributed by atoms with Crippen molar-refractivity contribution in [2.45, 2.75) is 31.7 Å². The average molecular weight is 432 g/mol. The van der Waals surface area contributed by atoms with Crippen LogP contribution in [0.4, 0.5) is 4.79 Å². The van der Waals surface area contributed by atoms with Gasteiger partial charge in [0.25, 0.3) is 0 Å². The minimum Gasteiger partial charge on any atom is -0.480 e. The van der Waals surface area contributed by atoms with Gasteiger partial charge in [-0.25, -0.2) is 18.0 Å². The topological polar surface area (TPSA) is 110 Å². The zero-order valence-electron chi connectivity index (χ0n) is 16.7. The lowest BCUT2D eigenvalue weighted by atomic mass is 9.98. The molecule has 0 aliphatic heterocycles. The number of alkyl carbamates (subject to hydrolysis) is 1. The molecule has 1 amide bonds. The Labute approximate surface area is 176 Å². The van der Waals surface area contributed by atoms with Gasteiger partial charge in [0.1, 0.15) is 22.5 Å². The van der Waals surface area contributed by atoms with Crippen molar-refractivity contribution in [1.82, 2.24) is 5.32 Å². The molecule has 0 heterocycles. The molecule has 1 atom stereocenters. The van der Waals surface area contributed by atoms with Crippen molar-refractivity contribution in [1.29, 1.82) is 0 Å². The number of carbonyl (C=O) groups excluding carboxylic acids is 1. The summed E-state index contributed by atoms with van der Waals surface area (Å²) in [5.41, 5.74) is 4.32. The van der Waals surface area contributed by atoms with E-state index in [1.165, 1.54) is 0 Å². The van der Waals surface area contributed by atoms with Crippen molar-refractivity contribution in [3.63, 3.8) is 0 Å². The lowest BCUT2D eigenvalue weighted by molar-refractivity contribution is -0.139. The summed E-state index contributed by atoms with van der Waals surface area (Å²) in [7, 11) is -3.18. The number of aliphatic carboxylic acids is 1. The van der Waals surface area contributed by atoms with E-state index in [0.29, 0.717) is 0 Å². The quantitative estimate of drug-likeness (QED) is 0.631. The minimum atomic E-state index is -3.18. The van der Waals surface area contributed by atoms with Gasteiger partial charge in [0, 0.05) is 11.7 Å². The second-order valence-electron chi connectivity index (χ2n) is 7.24. The van der Waals surface area contributed by atoms with Crippen molar-refractivity contribution >= 4 is 21.9 Å². The van der Waals surface area contributed by atoms with Crippen LogP contribution in [0, 0.1) is 0 Å². The first kappa shape index (κ1) is 21.8. The lowest BCUT2D eigenvalue weighted by Crippen LogP contribution is -2.41. The Balaban J connectivity index is 1.60. The molecule has 30 heavy (non-hydrogen) atoms. The predicted octanol–water partition coefficient (Wildman–Crippen LogP) is 3.19. The van der Waals surface area contributed by atoms with Gasteiger partial charge in [-0.05, 0) is 35.1 Å². The second kappa shape index (κ2) is 9.30. The van der Waals surface area contributed by atoms with Crippen molar-refractivity contribution in [3.8, 4) is 11.1 Å². The highest BCUT2D eigenvalue weighted by Crippen LogP contribution is 2.44. The fourth-order valence-electron chi connectivity index (χ4n) is 3.69. The van der Waals surface area contributed by atoms with E-state index in [9.17, 15) is 23.1 Å². The zero-order valence-corrected chi connectivity index (χ0v) is 17.5. The monoisotopic (exact) mass is 431 g/mol. The molecule has 0 spiro atoms. The number of carbonyl (C=O) groups is 2. The Morgan fingerprint density at radius 1 is 1.07 bits per heavy atom. The van der Waals surface area contributed by atoms with Crippen molar-refractivity contribution < 1.29 is 27.9 Å². The maximum absolute atomic E-state index is 12.2. The third kappa shape index (κ3) is 4.99. The summed E-state index contributed by atoms with van der Waals surface area (Å²) < 4.78 is 28.5. The summed E-state index contributed by atoms with van der Waals surface area (Å²) in [6, 6.07) is 14.6. The summed E-state index contributed by atoms with van der Waals surface area (Å²) in [6.45, 7) is 1.62. The Morgan fingerprint density at radius 2 is 1.63 bits per heavy atom. The van der Waals surface area contributed by atoms with E-state index < -0.39 is 27.9 Å². The van der Waals surface area contributed by atoms with E-state index in [0.717, 1.165) is 22.3 Å². The highest BCUT2D eigenvalue weighted by atomic mass is 32.2. The molecule has 0 saturated carbocycles. The van der Waals surface area contributed by atoms with E-state index in [4.69, 9.17) is 4.74 Å². The first-order valence-corrected chi connectivity index (χ1v) is 11.7. The van der Waals surface area contributed by atoms with Crippen LogP contribution >= 0.6 is 0 Å². The van der Waals surface area contributed by atoms with Crippen LogP contribution in [0.5, 0.6) is 0 Å². The fourth-order valence-corrected chi connectivity index (χ4v) is 4.59. The maximum atomic E-state index is 12.2. The van der Waals surface area contributed by atoms with Gasteiger partial charge >= 0.3 is 12.1 Å². The van der Waals surface area contributed by atoms with E-state index in [-0.39, 0.29) is 36.9 Å². The van der Waals surface area contributed by atoms with Crippen molar-refractivity contribution in [2.75, 3.05) is 18.1 Å². The van der Waals surface area contributed by atoms with Crippen LogP contribution in [0.25, 0.3) is 11.1 Å². The molecule has 2 aromatic carbocycles. The molecular weight excluding hydrogens is 406 g/mol. The van der Waals surface area contributed by atoms with Gasteiger partial charge in [0.2, 0.25) is 0 Å². The number of hydrogen-bond donors (Lipinski definition) is 2. The highest BCUT2D eigenvalue weighted by Gasteiger charge is 2.29. The van der Waals surface area contributed by atoms with Gasteiger partial charge in [0.05, 0.1) is 5.75 Å². The Morgan fingerprint density at radius 3 is 2.17 bits per heavy atom. The molecule has 1 aliphatic carbocycles. The maximum Gasteiger partial charge on any atom is 0.407 e. The smallest absolute Gasteiger partial charge is 0.407 e. The molecule has 160 valence electrons. The molecule has 0 aromatic heterocycles. The van der Waals surface area contributed by atoms with Crippen LogP contribution in [0.1, 0.15) is 36.8 Å². The van der Waals surface area contributed by atoms with E-state index >= 15 is 0 Å². The first-order chi connectivity index (χ1) is 14.3. The summed E-state index contributed by atoms with van der Waals surface area (Å²) in [5.74, 6) is -1.46. The summed E-state index contributed by atoms with van der Waals surface area (Å²) >= 11 is 0. The standard InChI is InChI=1S/C22H25NO6S/c1-2-30(27,28)13-7-12-20(21(24)25)23-22(26)29-14-19-17-10-5-3-8-15(17)16-9-4-6-11-18(16)19/h3-6,8-11,19-20H,2,7,12-14H2,1H3,(H,23,26)(H,24,25). The SMILES string of the molecule is CCS(=O)(=O)CCCC(NC(=O)OCC1c2ccccc2-c2ccccc21)C(=O)O. The van der Waals surface area contributed by atoms with Gasteiger partial charge in [-0.1, -0.05) is 55.5 Å².